The molecule has 4 heteroatoms. The molecule has 2 N–H and O–H groups in total. The molecular formula is H4O3S. The van der Waals surface area contributed by atoms with E-state index < -0.39 is 11.4 Å². The van der Waals surface area contributed by atoms with Gasteiger partial charge in [0.15, 0.2) is 0 Å². The van der Waals surface area contributed by atoms with E-state index in [1.165, 1.54) is 0 Å². The molecule has 0 saturated heterocycles. The van der Waals surface area contributed by atoms with Crippen LogP contribution < -0.4 is 0 Å². The second kappa shape index (κ2) is 1.40. The average Bonchev–Trinajstić information content (AvgIpc) is 0.811. The molecule has 0 amide bonds. The van der Waals surface area contributed by atoms with Gasteiger partial charge in [0.25, 0.3) is 0 Å². The summed E-state index contributed by atoms with van der Waals surface area (Å²) >= 11 is -3.13. The third kappa shape index (κ3) is 484. The predicted molar refractivity (Wildman–Crippen MR) is 16.2 cm³/mol. The zero-order valence-electron chi connectivity index (χ0n) is 1.80. The summed E-state index contributed by atoms with van der Waals surface area (Å²) in [7, 11) is 0. The van der Waals surface area contributed by atoms with Crippen molar-refractivity contribution in [2.24, 2.45) is 0 Å². The number of hydrogen-bond donors (Lipinski definition) is 2. The second-order valence-corrected chi connectivity index (χ2v) is 0.848. The summed E-state index contributed by atoms with van der Waals surface area (Å²) in [6.07, 6.45) is 0. The van der Waals surface area contributed by atoms with E-state index in [4.69, 9.17) is 13.3 Å². The molecule has 0 aliphatic rings. The van der Waals surface area contributed by atoms with Crippen molar-refractivity contribution in [2.45, 2.75) is 0 Å². The Bertz CT molecular complexity index is 26.3. The third-order valence-electron chi connectivity index (χ3n) is 0. The highest BCUT2D eigenvalue weighted by Crippen LogP contribution is 1.44. The van der Waals surface area contributed by atoms with Gasteiger partial charge in [0.05, 0.1) is 11.4 Å². The topological polar surface area (TPSA) is 57.5 Å². The van der Waals surface area contributed by atoms with Crippen molar-refractivity contribution in [3.8, 4) is 0 Å². The van der Waals surface area contributed by atoms with Gasteiger partial charge >= 0.3 is 0 Å². The molecule has 4 heavy (non-hydrogen) atoms. The van der Waals surface area contributed by atoms with E-state index in [1.807, 2.05) is 0 Å². The highest BCUT2D eigenvalue weighted by molar-refractivity contribution is 7.73. The van der Waals surface area contributed by atoms with Crippen LogP contribution in [0, 0.1) is 0 Å². The van der Waals surface area contributed by atoms with E-state index in [0.29, 0.717) is 0 Å². The molecule has 0 bridgehead atoms. The Morgan fingerprint density at radius 3 is 1.50 bits per heavy atom. The lowest BCUT2D eigenvalue weighted by Crippen LogP contribution is -1.74. The van der Waals surface area contributed by atoms with Crippen molar-refractivity contribution in [1.29, 1.82) is 0 Å². The van der Waals surface area contributed by atoms with Crippen LogP contribution in [0.1, 0.15) is 0 Å². The quantitative estimate of drug-likeness (QED) is 0.401. The van der Waals surface area contributed by atoms with Gasteiger partial charge < -0.3 is 9.11 Å². The van der Waals surface area contributed by atoms with Crippen LogP contribution >= 0.6 is 0 Å². The van der Waals surface area contributed by atoms with Crippen LogP contribution in [-0.2, 0) is 11.4 Å². The van der Waals surface area contributed by atoms with Crippen molar-refractivity contribution in [3.63, 3.8) is 0 Å². The largest absolute Gasteiger partial charge is 0.312 e. The van der Waals surface area contributed by atoms with E-state index in [-0.39, 0.29) is 0 Å². The van der Waals surface area contributed by atoms with Crippen molar-refractivity contribution in [3.05, 3.63) is 0 Å². The smallest absolute Gasteiger partial charge is 0.0638 e. The summed E-state index contributed by atoms with van der Waals surface area (Å²) in [6.45, 7) is 0. The van der Waals surface area contributed by atoms with Crippen LogP contribution in [0.3, 0.4) is 0 Å². The van der Waals surface area contributed by atoms with Gasteiger partial charge in [-0.2, -0.15) is 0 Å². The minimum absolute atomic E-state index is 3.13. The SMILES string of the molecule is O=[SH2](O)O. The van der Waals surface area contributed by atoms with Crippen LogP contribution in [0.4, 0.5) is 0 Å². The lowest BCUT2D eigenvalue weighted by molar-refractivity contribution is 0.454. The molecule has 0 radical (unpaired) electrons. The summed E-state index contributed by atoms with van der Waals surface area (Å²) in [4.78, 5) is 0. The highest BCUT2D eigenvalue weighted by Gasteiger charge is 1.48. The molecule has 3 nitrogen and oxygen atoms in total. The maximum atomic E-state index is 8.74. The Hall–Kier alpha value is 0.0700. The van der Waals surface area contributed by atoms with Gasteiger partial charge in [0, 0.05) is 0 Å². The zero-order chi connectivity index (χ0) is 3.58. The Balaban J connectivity index is 2.80. The first-order valence-electron chi connectivity index (χ1n) is 0.651. The molecular weight excluding hydrogens is 80.1 g/mol. The predicted octanol–water partition coefficient (Wildman–Crippen LogP) is -0.854. The molecule has 0 unspecified atom stereocenters. The first-order chi connectivity index (χ1) is 1.73. The number of rotatable bonds is 0. The monoisotopic (exact) mass is 84.0 g/mol. The highest BCUT2D eigenvalue weighted by atomic mass is 32.2. The molecule has 0 aliphatic heterocycles. The molecule has 0 rings (SSSR count). The van der Waals surface area contributed by atoms with Gasteiger partial charge in [-0.3, -0.25) is 0 Å². The minimum atomic E-state index is -3.13. The molecule has 0 aromatic rings. The fourth-order valence-corrected chi connectivity index (χ4v) is 0. The van der Waals surface area contributed by atoms with Crippen LogP contribution in [0.25, 0.3) is 0 Å². The maximum Gasteiger partial charge on any atom is 0.0638 e. The molecule has 28 valence electrons. The van der Waals surface area contributed by atoms with Crippen molar-refractivity contribution >= 4 is 11.4 Å². The molecule has 0 heterocycles. The zero-order valence-corrected chi connectivity index (χ0v) is 2.80. The van der Waals surface area contributed by atoms with Crippen LogP contribution in [-0.4, -0.2) is 13.3 Å². The van der Waals surface area contributed by atoms with Crippen LogP contribution in [0.5, 0.6) is 0 Å². The van der Waals surface area contributed by atoms with Gasteiger partial charge in [-0.15, -0.1) is 0 Å². The Kier molecular flexibility index (Phi) is 1.42. The summed E-state index contributed by atoms with van der Waals surface area (Å²) < 4.78 is 23.1. The van der Waals surface area contributed by atoms with Crippen molar-refractivity contribution in [2.75, 3.05) is 0 Å². The van der Waals surface area contributed by atoms with E-state index in [0.717, 1.165) is 0 Å². The summed E-state index contributed by atoms with van der Waals surface area (Å²) in [5.74, 6) is 0. The van der Waals surface area contributed by atoms with Crippen LogP contribution in [0.2, 0.25) is 0 Å². The molecule has 0 fully saturated rings. The van der Waals surface area contributed by atoms with Gasteiger partial charge in [0.1, 0.15) is 0 Å². The Morgan fingerprint density at radius 2 is 1.50 bits per heavy atom. The standard InChI is InChI=1S/H4O3S/c1-4(2)3/h4H2,(H2,1,2,3). The molecule has 0 saturated carbocycles. The fraction of sp³-hybridized carbons (Fsp3) is 0. The maximum absolute atomic E-state index is 8.74. The molecule has 0 spiro atoms. The average molecular weight is 84.1 g/mol. The lowest BCUT2D eigenvalue weighted by atomic mass is 15.8. The van der Waals surface area contributed by atoms with Crippen molar-refractivity contribution < 1.29 is 13.3 Å². The fourth-order valence-electron chi connectivity index (χ4n) is 0. The van der Waals surface area contributed by atoms with E-state index in [9.17, 15) is 0 Å². The second-order valence-electron chi connectivity index (χ2n) is 0.283. The molecule has 0 aliphatic carbocycles. The molecule has 0 atom stereocenters. The third-order valence-corrected chi connectivity index (χ3v) is 0. The molecule has 0 aromatic heterocycles. The Morgan fingerprint density at radius 1 is 1.50 bits per heavy atom. The Labute approximate surface area is 25.8 Å². The summed E-state index contributed by atoms with van der Waals surface area (Å²) in [5, 5.41) is 0. The van der Waals surface area contributed by atoms with Gasteiger partial charge in [-0.25, -0.2) is 4.21 Å². The number of hydrogen-bond acceptors (Lipinski definition) is 1. The summed E-state index contributed by atoms with van der Waals surface area (Å²) in [5.41, 5.74) is 0. The van der Waals surface area contributed by atoms with E-state index in [1.54, 1.807) is 0 Å². The van der Waals surface area contributed by atoms with Gasteiger partial charge in [0.2, 0.25) is 0 Å². The van der Waals surface area contributed by atoms with Gasteiger partial charge in [-0.1, -0.05) is 0 Å². The van der Waals surface area contributed by atoms with Crippen molar-refractivity contribution in [1.82, 2.24) is 0 Å². The minimum Gasteiger partial charge on any atom is -0.312 e. The van der Waals surface area contributed by atoms with E-state index in [2.05, 4.69) is 0 Å². The lowest BCUT2D eigenvalue weighted by Gasteiger charge is -1.71. The summed E-state index contributed by atoms with van der Waals surface area (Å²) in [6, 6.07) is 0. The first kappa shape index (κ1) is 4.07. The van der Waals surface area contributed by atoms with E-state index >= 15 is 0 Å². The first-order valence-corrected chi connectivity index (χ1v) is 1.95. The van der Waals surface area contributed by atoms with Gasteiger partial charge in [-0.05, 0) is 0 Å². The molecule has 0 aromatic carbocycles. The van der Waals surface area contributed by atoms with Crippen LogP contribution in [0.15, 0.2) is 0 Å². The normalized spacial score (nSPS) is 11.0.